The van der Waals surface area contributed by atoms with Gasteiger partial charge >= 0.3 is 5.97 Å². The maximum Gasteiger partial charge on any atom is 0.347 e. The number of nitrogens with two attached hydrogens (primary N) is 1. The van der Waals surface area contributed by atoms with Gasteiger partial charge in [-0.1, -0.05) is 0 Å². The van der Waals surface area contributed by atoms with Crippen LogP contribution in [0.15, 0.2) is 42.5 Å². The van der Waals surface area contributed by atoms with Gasteiger partial charge in [0.05, 0.1) is 18.0 Å². The Morgan fingerprint density at radius 2 is 1.96 bits per heavy atom. The molecular weight excluding hydrogens is 299 g/mol. The van der Waals surface area contributed by atoms with Gasteiger partial charge in [-0.05, 0) is 56.3 Å². The molecule has 0 aromatic heterocycles. The van der Waals surface area contributed by atoms with E-state index in [4.69, 9.17) is 15.2 Å². The summed E-state index contributed by atoms with van der Waals surface area (Å²) in [7, 11) is 0. The van der Waals surface area contributed by atoms with Crippen LogP contribution in [0.4, 0.5) is 21.5 Å². The van der Waals surface area contributed by atoms with E-state index in [9.17, 15) is 9.18 Å². The molecule has 1 atom stereocenters. The van der Waals surface area contributed by atoms with Crippen molar-refractivity contribution in [3.8, 4) is 5.75 Å². The fourth-order valence-corrected chi connectivity index (χ4v) is 1.93. The molecule has 0 radical (unpaired) electrons. The minimum Gasteiger partial charge on any atom is -0.479 e. The number of halogens is 1. The molecule has 2 aromatic carbocycles. The fourth-order valence-electron chi connectivity index (χ4n) is 1.93. The van der Waals surface area contributed by atoms with Gasteiger partial charge in [-0.25, -0.2) is 9.18 Å². The molecule has 23 heavy (non-hydrogen) atoms. The molecule has 1 unspecified atom stereocenters. The molecule has 0 saturated carbocycles. The molecule has 6 heteroatoms. The van der Waals surface area contributed by atoms with Crippen molar-refractivity contribution in [3.05, 3.63) is 48.3 Å². The lowest BCUT2D eigenvalue weighted by atomic mass is 10.2. The summed E-state index contributed by atoms with van der Waals surface area (Å²) in [6.45, 7) is 3.68. The quantitative estimate of drug-likeness (QED) is 0.630. The SMILES string of the molecule is CCOC(=O)C(C)Oc1ccc(Nc2ccc(F)cc2N)cc1. The molecule has 0 saturated heterocycles. The second-order valence-corrected chi connectivity index (χ2v) is 4.89. The van der Waals surface area contributed by atoms with Crippen LogP contribution < -0.4 is 15.8 Å². The van der Waals surface area contributed by atoms with Crippen LogP contribution in [-0.2, 0) is 9.53 Å². The summed E-state index contributed by atoms with van der Waals surface area (Å²) in [4.78, 5) is 11.5. The third-order valence-electron chi connectivity index (χ3n) is 3.08. The van der Waals surface area contributed by atoms with Gasteiger partial charge in [-0.15, -0.1) is 0 Å². The zero-order valence-corrected chi connectivity index (χ0v) is 13.0. The van der Waals surface area contributed by atoms with E-state index in [1.807, 2.05) is 0 Å². The number of carbonyl (C=O) groups is 1. The number of hydrogen-bond donors (Lipinski definition) is 2. The maximum atomic E-state index is 13.0. The van der Waals surface area contributed by atoms with Crippen molar-refractivity contribution in [2.75, 3.05) is 17.7 Å². The van der Waals surface area contributed by atoms with Crippen molar-refractivity contribution in [2.45, 2.75) is 20.0 Å². The zero-order chi connectivity index (χ0) is 16.8. The molecular formula is C17H19FN2O3. The standard InChI is InChI=1S/C17H19FN2O3/c1-3-22-17(21)11(2)23-14-7-5-13(6-8-14)20-16-9-4-12(18)10-15(16)19/h4-11,20H,3,19H2,1-2H3. The van der Waals surface area contributed by atoms with Gasteiger partial charge in [0.25, 0.3) is 0 Å². The highest BCUT2D eigenvalue weighted by Gasteiger charge is 2.15. The molecule has 0 aliphatic heterocycles. The number of benzene rings is 2. The number of ether oxygens (including phenoxy) is 2. The number of nitrogens with one attached hydrogen (secondary N) is 1. The molecule has 122 valence electrons. The Bertz CT molecular complexity index is 674. The minimum atomic E-state index is -0.679. The van der Waals surface area contributed by atoms with E-state index < -0.39 is 12.1 Å². The third kappa shape index (κ3) is 4.60. The smallest absolute Gasteiger partial charge is 0.347 e. The Morgan fingerprint density at radius 1 is 1.26 bits per heavy atom. The number of anilines is 3. The maximum absolute atomic E-state index is 13.0. The van der Waals surface area contributed by atoms with E-state index >= 15 is 0 Å². The van der Waals surface area contributed by atoms with Crippen LogP contribution in [0.25, 0.3) is 0 Å². The van der Waals surface area contributed by atoms with Gasteiger partial charge < -0.3 is 20.5 Å². The molecule has 0 heterocycles. The van der Waals surface area contributed by atoms with Gasteiger partial charge in [0.1, 0.15) is 11.6 Å². The van der Waals surface area contributed by atoms with Gasteiger partial charge in [-0.3, -0.25) is 0 Å². The molecule has 0 bridgehead atoms. The predicted molar refractivity (Wildman–Crippen MR) is 87.3 cm³/mol. The first-order chi connectivity index (χ1) is 11.0. The van der Waals surface area contributed by atoms with Crippen molar-refractivity contribution in [3.63, 3.8) is 0 Å². The number of hydrogen-bond acceptors (Lipinski definition) is 5. The van der Waals surface area contributed by atoms with Crippen LogP contribution in [-0.4, -0.2) is 18.7 Å². The molecule has 2 aromatic rings. The van der Waals surface area contributed by atoms with Crippen molar-refractivity contribution in [1.29, 1.82) is 0 Å². The van der Waals surface area contributed by atoms with E-state index in [2.05, 4.69) is 5.32 Å². The molecule has 0 fully saturated rings. The Balaban J connectivity index is 2.00. The van der Waals surface area contributed by atoms with Crippen LogP contribution in [0.5, 0.6) is 5.75 Å². The normalized spacial score (nSPS) is 11.6. The lowest BCUT2D eigenvalue weighted by Crippen LogP contribution is -2.25. The average molecular weight is 318 g/mol. The van der Waals surface area contributed by atoms with Crippen molar-refractivity contribution in [1.82, 2.24) is 0 Å². The molecule has 5 nitrogen and oxygen atoms in total. The van der Waals surface area contributed by atoms with Crippen LogP contribution in [0.1, 0.15) is 13.8 Å². The predicted octanol–water partition coefficient (Wildman–Crippen LogP) is 3.48. The van der Waals surface area contributed by atoms with Gasteiger partial charge in [0, 0.05) is 5.69 Å². The van der Waals surface area contributed by atoms with E-state index in [0.29, 0.717) is 23.7 Å². The van der Waals surface area contributed by atoms with Crippen LogP contribution in [0.3, 0.4) is 0 Å². The lowest BCUT2D eigenvalue weighted by Gasteiger charge is -2.14. The highest BCUT2D eigenvalue weighted by atomic mass is 19.1. The minimum absolute atomic E-state index is 0.314. The van der Waals surface area contributed by atoms with E-state index in [1.165, 1.54) is 12.1 Å². The van der Waals surface area contributed by atoms with Crippen molar-refractivity contribution in [2.24, 2.45) is 0 Å². The van der Waals surface area contributed by atoms with Crippen LogP contribution in [0, 0.1) is 5.82 Å². The first kappa shape index (κ1) is 16.6. The number of rotatable bonds is 6. The highest BCUT2D eigenvalue weighted by Crippen LogP contribution is 2.25. The Kier molecular flexibility index (Phi) is 5.41. The molecule has 2 rings (SSSR count). The summed E-state index contributed by atoms with van der Waals surface area (Å²) >= 11 is 0. The first-order valence-corrected chi connectivity index (χ1v) is 7.25. The molecule has 0 spiro atoms. The average Bonchev–Trinajstić information content (AvgIpc) is 2.52. The summed E-state index contributed by atoms with van der Waals surface area (Å²) in [6, 6.07) is 11.1. The molecule has 0 aliphatic carbocycles. The largest absolute Gasteiger partial charge is 0.479 e. The summed E-state index contributed by atoms with van der Waals surface area (Å²) in [5, 5.41) is 3.08. The summed E-state index contributed by atoms with van der Waals surface area (Å²) < 4.78 is 23.4. The highest BCUT2D eigenvalue weighted by molar-refractivity contribution is 5.75. The van der Waals surface area contributed by atoms with Crippen molar-refractivity contribution >= 4 is 23.0 Å². The van der Waals surface area contributed by atoms with Crippen molar-refractivity contribution < 1.29 is 18.7 Å². The second-order valence-electron chi connectivity index (χ2n) is 4.89. The second kappa shape index (κ2) is 7.49. The molecule has 3 N–H and O–H groups in total. The summed E-state index contributed by atoms with van der Waals surface area (Å²) in [5.41, 5.74) is 7.44. The molecule has 0 amide bonds. The Hall–Kier alpha value is -2.76. The lowest BCUT2D eigenvalue weighted by molar-refractivity contribution is -0.150. The number of esters is 1. The fraction of sp³-hybridized carbons (Fsp3) is 0.235. The van der Waals surface area contributed by atoms with E-state index in [0.717, 1.165) is 5.69 Å². The zero-order valence-electron chi connectivity index (χ0n) is 13.0. The van der Waals surface area contributed by atoms with E-state index in [-0.39, 0.29) is 5.82 Å². The number of nitrogen functional groups attached to an aromatic ring is 1. The monoisotopic (exact) mass is 318 g/mol. The van der Waals surface area contributed by atoms with Gasteiger partial charge in [-0.2, -0.15) is 0 Å². The van der Waals surface area contributed by atoms with Crippen LogP contribution >= 0.6 is 0 Å². The Labute approximate surface area is 134 Å². The number of carbonyl (C=O) groups excluding carboxylic acids is 1. The van der Waals surface area contributed by atoms with Crippen LogP contribution in [0.2, 0.25) is 0 Å². The topological polar surface area (TPSA) is 73.6 Å². The third-order valence-corrected chi connectivity index (χ3v) is 3.08. The van der Waals surface area contributed by atoms with Gasteiger partial charge in [0.15, 0.2) is 6.10 Å². The first-order valence-electron chi connectivity index (χ1n) is 7.25. The summed E-state index contributed by atoms with van der Waals surface area (Å²) in [6.07, 6.45) is -0.679. The summed E-state index contributed by atoms with van der Waals surface area (Å²) in [5.74, 6) is -0.248. The van der Waals surface area contributed by atoms with Gasteiger partial charge in [0.2, 0.25) is 0 Å². The Morgan fingerprint density at radius 3 is 2.57 bits per heavy atom. The molecule has 0 aliphatic rings. The van der Waals surface area contributed by atoms with E-state index in [1.54, 1.807) is 44.2 Å².